The lowest BCUT2D eigenvalue weighted by molar-refractivity contribution is 0.154. The molecule has 5 N–H and O–H groups in total. The number of rotatable bonds is 0. The molecule has 1 heterocycles. The summed E-state index contributed by atoms with van der Waals surface area (Å²) in [7, 11) is 0. The molecule has 0 unspecified atom stereocenters. The van der Waals surface area contributed by atoms with Gasteiger partial charge in [0.25, 0.3) is 0 Å². The molecule has 0 aliphatic carbocycles. The second kappa shape index (κ2) is 1.54. The summed E-state index contributed by atoms with van der Waals surface area (Å²) in [6.07, 6.45) is 0. The van der Waals surface area contributed by atoms with Gasteiger partial charge in [0.15, 0.2) is 5.82 Å². The molecule has 1 aromatic rings. The molecule has 0 amide bonds. The van der Waals surface area contributed by atoms with Gasteiger partial charge in [-0.05, 0) is 6.92 Å². The molecule has 0 aliphatic heterocycles. The Balaban J connectivity index is 3.29. The normalized spacial score (nSPS) is 9.89. The Morgan fingerprint density at radius 1 is 1.56 bits per heavy atom. The third kappa shape index (κ3) is 0.658. The topological polar surface area (TPSA) is 90.1 Å². The molecule has 0 aliphatic rings. The molecule has 5 heteroatoms. The molecule has 50 valence electrons. The minimum atomic E-state index is 0.0903. The van der Waals surface area contributed by atoms with Gasteiger partial charge in [0, 0.05) is 0 Å². The van der Waals surface area contributed by atoms with E-state index in [2.05, 4.69) is 5.10 Å². The van der Waals surface area contributed by atoms with Gasteiger partial charge in [-0.1, -0.05) is 4.85 Å². The summed E-state index contributed by atoms with van der Waals surface area (Å²) >= 11 is 0. The first-order chi connectivity index (χ1) is 4.13. The summed E-state index contributed by atoms with van der Waals surface area (Å²) in [4.78, 5) is 0.560. The SMILES string of the molecule is Cc1nn(O)c(N)c1N. The summed E-state index contributed by atoms with van der Waals surface area (Å²) in [5, 5.41) is 12.3. The van der Waals surface area contributed by atoms with Crippen molar-refractivity contribution in [3.63, 3.8) is 0 Å². The monoisotopic (exact) mass is 128 g/mol. The predicted molar refractivity (Wildman–Crippen MR) is 33.0 cm³/mol. The van der Waals surface area contributed by atoms with E-state index in [1.54, 1.807) is 6.92 Å². The van der Waals surface area contributed by atoms with E-state index in [1.165, 1.54) is 0 Å². The predicted octanol–water partition coefficient (Wildman–Crippen LogP) is -0.407. The van der Waals surface area contributed by atoms with Crippen LogP contribution in [0.1, 0.15) is 5.69 Å². The average Bonchev–Trinajstić information content (AvgIpc) is 1.98. The van der Waals surface area contributed by atoms with E-state index in [-0.39, 0.29) is 5.82 Å². The third-order valence-electron chi connectivity index (χ3n) is 1.13. The summed E-state index contributed by atoms with van der Waals surface area (Å²) in [6.45, 7) is 1.67. The van der Waals surface area contributed by atoms with E-state index >= 15 is 0 Å². The fraction of sp³-hybridized carbons (Fsp3) is 0.250. The smallest absolute Gasteiger partial charge is 0.186 e. The fourth-order valence-corrected chi connectivity index (χ4v) is 0.543. The minimum Gasteiger partial charge on any atom is -0.410 e. The number of hydrogen-bond acceptors (Lipinski definition) is 4. The van der Waals surface area contributed by atoms with E-state index in [4.69, 9.17) is 16.7 Å². The van der Waals surface area contributed by atoms with Crippen molar-refractivity contribution in [1.82, 2.24) is 9.94 Å². The van der Waals surface area contributed by atoms with Crippen LogP contribution >= 0.6 is 0 Å². The zero-order chi connectivity index (χ0) is 7.02. The van der Waals surface area contributed by atoms with Gasteiger partial charge in [0.1, 0.15) is 5.69 Å². The van der Waals surface area contributed by atoms with Crippen LogP contribution in [0.5, 0.6) is 0 Å². The lowest BCUT2D eigenvalue weighted by Gasteiger charge is -1.89. The van der Waals surface area contributed by atoms with Crippen LogP contribution in [0.4, 0.5) is 11.5 Å². The van der Waals surface area contributed by atoms with Gasteiger partial charge in [-0.15, -0.1) is 5.10 Å². The van der Waals surface area contributed by atoms with Gasteiger partial charge in [0.05, 0.1) is 5.69 Å². The van der Waals surface area contributed by atoms with Crippen molar-refractivity contribution in [3.8, 4) is 0 Å². The summed E-state index contributed by atoms with van der Waals surface area (Å²) in [5.41, 5.74) is 11.4. The Bertz CT molecular complexity index is 206. The largest absolute Gasteiger partial charge is 0.410 e. The lowest BCUT2D eigenvalue weighted by Crippen LogP contribution is -2.00. The molecule has 0 spiro atoms. The second-order valence-corrected chi connectivity index (χ2v) is 1.77. The second-order valence-electron chi connectivity index (χ2n) is 1.77. The first-order valence-corrected chi connectivity index (χ1v) is 2.42. The van der Waals surface area contributed by atoms with Crippen molar-refractivity contribution in [3.05, 3.63) is 5.69 Å². The molecule has 0 fully saturated rings. The van der Waals surface area contributed by atoms with Crippen LogP contribution in [0, 0.1) is 6.92 Å². The molecule has 9 heavy (non-hydrogen) atoms. The Hall–Kier alpha value is -1.39. The van der Waals surface area contributed by atoms with Crippen molar-refractivity contribution in [2.75, 3.05) is 11.5 Å². The van der Waals surface area contributed by atoms with Crippen molar-refractivity contribution in [2.24, 2.45) is 0 Å². The van der Waals surface area contributed by atoms with Gasteiger partial charge in [-0.3, -0.25) is 0 Å². The van der Waals surface area contributed by atoms with Gasteiger partial charge in [-0.2, -0.15) is 0 Å². The molecule has 0 saturated carbocycles. The van der Waals surface area contributed by atoms with E-state index < -0.39 is 0 Å². The van der Waals surface area contributed by atoms with Gasteiger partial charge < -0.3 is 16.7 Å². The van der Waals surface area contributed by atoms with Crippen LogP contribution in [-0.2, 0) is 0 Å². The zero-order valence-corrected chi connectivity index (χ0v) is 5.00. The van der Waals surface area contributed by atoms with Gasteiger partial charge in [0.2, 0.25) is 0 Å². The molecule has 1 rings (SSSR count). The van der Waals surface area contributed by atoms with Crippen molar-refractivity contribution in [1.29, 1.82) is 0 Å². The number of anilines is 2. The maximum atomic E-state index is 8.72. The minimum absolute atomic E-state index is 0.0903. The summed E-state index contributed by atoms with van der Waals surface area (Å²) in [6, 6.07) is 0. The van der Waals surface area contributed by atoms with E-state index in [9.17, 15) is 0 Å². The maximum Gasteiger partial charge on any atom is 0.186 e. The molecule has 0 saturated heterocycles. The van der Waals surface area contributed by atoms with E-state index in [0.29, 0.717) is 16.2 Å². The fourth-order valence-electron chi connectivity index (χ4n) is 0.543. The molecule has 0 atom stereocenters. The first-order valence-electron chi connectivity index (χ1n) is 2.42. The summed E-state index contributed by atoms with van der Waals surface area (Å²) in [5.74, 6) is 0.0903. The zero-order valence-electron chi connectivity index (χ0n) is 5.00. The van der Waals surface area contributed by atoms with Crippen LogP contribution in [0.2, 0.25) is 0 Å². The Labute approximate surface area is 51.8 Å². The molecule has 5 nitrogen and oxygen atoms in total. The summed E-state index contributed by atoms with van der Waals surface area (Å²) < 4.78 is 0. The highest BCUT2D eigenvalue weighted by molar-refractivity contribution is 5.61. The molecule has 0 bridgehead atoms. The van der Waals surface area contributed by atoms with Crippen LogP contribution in [0.15, 0.2) is 0 Å². The number of aromatic nitrogens is 2. The number of nitrogens with zero attached hydrogens (tertiary/aromatic N) is 2. The average molecular weight is 128 g/mol. The Kier molecular flexibility index (Phi) is 0.985. The van der Waals surface area contributed by atoms with Crippen LogP contribution in [0.25, 0.3) is 0 Å². The highest BCUT2D eigenvalue weighted by Gasteiger charge is 2.05. The maximum absolute atomic E-state index is 8.72. The number of aryl methyl sites for hydroxylation is 1. The number of nitrogens with two attached hydrogens (primary N) is 2. The molecule has 0 aromatic carbocycles. The standard InChI is InChI=1S/C4H8N4O/c1-2-3(5)4(6)8(9)7-2/h9H,5-6H2,1H3. The van der Waals surface area contributed by atoms with Crippen LogP contribution in [-0.4, -0.2) is 15.2 Å². The van der Waals surface area contributed by atoms with Crippen LogP contribution in [0.3, 0.4) is 0 Å². The third-order valence-corrected chi connectivity index (χ3v) is 1.13. The van der Waals surface area contributed by atoms with Gasteiger partial charge >= 0.3 is 0 Å². The van der Waals surface area contributed by atoms with Crippen molar-refractivity contribution >= 4 is 11.5 Å². The Morgan fingerprint density at radius 2 is 2.11 bits per heavy atom. The highest BCUT2D eigenvalue weighted by atomic mass is 16.5. The van der Waals surface area contributed by atoms with E-state index in [0.717, 1.165) is 0 Å². The van der Waals surface area contributed by atoms with Crippen molar-refractivity contribution in [2.45, 2.75) is 6.92 Å². The quantitative estimate of drug-likeness (QED) is 0.414. The Morgan fingerprint density at radius 3 is 2.22 bits per heavy atom. The number of hydrogen-bond donors (Lipinski definition) is 3. The van der Waals surface area contributed by atoms with Crippen molar-refractivity contribution < 1.29 is 5.21 Å². The molecule has 0 radical (unpaired) electrons. The highest BCUT2D eigenvalue weighted by Crippen LogP contribution is 2.15. The number of nitrogen functional groups attached to an aromatic ring is 2. The first kappa shape index (κ1) is 5.74. The van der Waals surface area contributed by atoms with Gasteiger partial charge in [-0.25, -0.2) is 0 Å². The molecular formula is C4H8N4O. The van der Waals surface area contributed by atoms with Crippen LogP contribution < -0.4 is 11.5 Å². The lowest BCUT2D eigenvalue weighted by atomic mass is 10.4. The van der Waals surface area contributed by atoms with E-state index in [1.807, 2.05) is 0 Å². The molecule has 1 aromatic heterocycles. The molecular weight excluding hydrogens is 120 g/mol.